The summed E-state index contributed by atoms with van der Waals surface area (Å²) in [5, 5.41) is 10.00. The molecule has 0 amide bonds. The van der Waals surface area contributed by atoms with Crippen LogP contribution in [-0.4, -0.2) is 9.97 Å². The second-order valence-corrected chi connectivity index (χ2v) is 5.46. The molecular formula is C18H12ClN3O2. The lowest BCUT2D eigenvalue weighted by Gasteiger charge is -2.09. The first-order valence-corrected chi connectivity index (χ1v) is 7.50. The molecule has 3 aromatic rings. The molecule has 118 valence electrons. The maximum atomic E-state index is 11.4. The maximum absolute atomic E-state index is 11.4. The number of hydrogen-bond donors (Lipinski definition) is 1. The van der Waals surface area contributed by atoms with Gasteiger partial charge in [-0.15, -0.1) is 0 Å². The number of nitrogens with zero attached hydrogens (tertiary/aromatic N) is 2. The Hall–Kier alpha value is -3.10. The van der Waals surface area contributed by atoms with Crippen LogP contribution < -0.4 is 10.3 Å². The minimum Gasteiger partial charge on any atom is -0.488 e. The third kappa shape index (κ3) is 3.62. The van der Waals surface area contributed by atoms with E-state index in [-0.39, 0.29) is 5.56 Å². The van der Waals surface area contributed by atoms with Crippen LogP contribution in [-0.2, 0) is 6.61 Å². The molecule has 0 aliphatic carbocycles. The van der Waals surface area contributed by atoms with Crippen molar-refractivity contribution in [1.29, 1.82) is 5.26 Å². The number of benzene rings is 2. The highest BCUT2D eigenvalue weighted by molar-refractivity contribution is 6.30. The van der Waals surface area contributed by atoms with E-state index >= 15 is 0 Å². The van der Waals surface area contributed by atoms with Crippen molar-refractivity contribution < 1.29 is 4.74 Å². The largest absolute Gasteiger partial charge is 0.488 e. The summed E-state index contributed by atoms with van der Waals surface area (Å²) in [4.78, 5) is 18.1. The van der Waals surface area contributed by atoms with Gasteiger partial charge in [-0.3, -0.25) is 4.79 Å². The van der Waals surface area contributed by atoms with Crippen molar-refractivity contribution in [2.45, 2.75) is 6.61 Å². The van der Waals surface area contributed by atoms with Gasteiger partial charge in [0.25, 0.3) is 5.56 Å². The van der Waals surface area contributed by atoms with Crippen molar-refractivity contribution in [3.63, 3.8) is 0 Å². The van der Waals surface area contributed by atoms with E-state index < -0.39 is 0 Å². The number of H-pyrrole nitrogens is 1. The van der Waals surface area contributed by atoms with E-state index in [1.807, 2.05) is 12.1 Å². The first-order valence-electron chi connectivity index (χ1n) is 7.13. The van der Waals surface area contributed by atoms with Crippen LogP contribution in [0, 0.1) is 11.3 Å². The molecular weight excluding hydrogens is 326 g/mol. The van der Waals surface area contributed by atoms with E-state index in [4.69, 9.17) is 16.3 Å². The SMILES string of the molecule is N#Cc1cc(-c2nccc(=O)[nH]2)ccc1OCc1ccc(Cl)cc1. The molecule has 6 heteroatoms. The highest BCUT2D eigenvalue weighted by Gasteiger charge is 2.08. The number of aromatic amines is 1. The summed E-state index contributed by atoms with van der Waals surface area (Å²) < 4.78 is 5.71. The average molecular weight is 338 g/mol. The van der Waals surface area contributed by atoms with Crippen molar-refractivity contribution in [3.05, 3.63) is 81.2 Å². The number of nitriles is 1. The fourth-order valence-electron chi connectivity index (χ4n) is 2.15. The van der Waals surface area contributed by atoms with E-state index in [0.717, 1.165) is 5.56 Å². The van der Waals surface area contributed by atoms with Crippen molar-refractivity contribution in [1.82, 2.24) is 9.97 Å². The zero-order valence-electron chi connectivity index (χ0n) is 12.5. The van der Waals surface area contributed by atoms with Gasteiger partial charge in [0.15, 0.2) is 0 Å². The van der Waals surface area contributed by atoms with Crippen molar-refractivity contribution in [3.8, 4) is 23.2 Å². The van der Waals surface area contributed by atoms with Gasteiger partial charge >= 0.3 is 0 Å². The standard InChI is InChI=1S/C18H12ClN3O2/c19-15-4-1-12(2-5-15)11-24-16-6-3-13(9-14(16)10-20)18-21-8-7-17(23)22-18/h1-9H,11H2,(H,21,22,23). The van der Waals surface area contributed by atoms with E-state index in [0.29, 0.717) is 34.3 Å². The Morgan fingerprint density at radius 3 is 2.67 bits per heavy atom. The third-order valence-electron chi connectivity index (χ3n) is 3.35. The van der Waals surface area contributed by atoms with E-state index in [9.17, 15) is 10.1 Å². The zero-order chi connectivity index (χ0) is 16.9. The van der Waals surface area contributed by atoms with Gasteiger partial charge in [-0.1, -0.05) is 23.7 Å². The average Bonchev–Trinajstić information content (AvgIpc) is 2.61. The number of halogens is 1. The number of nitrogens with one attached hydrogen (secondary N) is 1. The summed E-state index contributed by atoms with van der Waals surface area (Å²) in [6.07, 6.45) is 1.42. The number of ether oxygens (including phenoxy) is 1. The highest BCUT2D eigenvalue weighted by atomic mass is 35.5. The molecule has 0 saturated heterocycles. The fraction of sp³-hybridized carbons (Fsp3) is 0.0556. The molecule has 0 bridgehead atoms. The monoisotopic (exact) mass is 337 g/mol. The molecule has 0 unspecified atom stereocenters. The normalized spacial score (nSPS) is 10.2. The smallest absolute Gasteiger partial charge is 0.251 e. The van der Waals surface area contributed by atoms with Gasteiger partial charge in [0.2, 0.25) is 0 Å². The van der Waals surface area contributed by atoms with E-state index in [2.05, 4.69) is 16.0 Å². The van der Waals surface area contributed by atoms with Gasteiger partial charge in [0.1, 0.15) is 24.3 Å². The van der Waals surface area contributed by atoms with Crippen LogP contribution in [0.2, 0.25) is 5.02 Å². The van der Waals surface area contributed by atoms with Crippen molar-refractivity contribution in [2.24, 2.45) is 0 Å². The zero-order valence-corrected chi connectivity index (χ0v) is 13.2. The van der Waals surface area contributed by atoms with Crippen LogP contribution in [0.3, 0.4) is 0 Å². The first-order chi connectivity index (χ1) is 11.7. The van der Waals surface area contributed by atoms with Crippen LogP contribution in [0.15, 0.2) is 59.5 Å². The van der Waals surface area contributed by atoms with Gasteiger partial charge in [0.05, 0.1) is 5.56 Å². The fourth-order valence-corrected chi connectivity index (χ4v) is 2.28. The van der Waals surface area contributed by atoms with Crippen LogP contribution in [0.1, 0.15) is 11.1 Å². The minimum absolute atomic E-state index is 0.249. The second-order valence-electron chi connectivity index (χ2n) is 5.02. The molecule has 0 spiro atoms. The molecule has 1 aromatic heterocycles. The van der Waals surface area contributed by atoms with E-state index in [1.165, 1.54) is 12.3 Å². The summed E-state index contributed by atoms with van der Waals surface area (Å²) in [5.41, 5.74) is 1.71. The quantitative estimate of drug-likeness (QED) is 0.789. The Bertz CT molecular complexity index is 959. The minimum atomic E-state index is -0.249. The van der Waals surface area contributed by atoms with Gasteiger partial charge < -0.3 is 9.72 Å². The molecule has 0 atom stereocenters. The van der Waals surface area contributed by atoms with Crippen molar-refractivity contribution >= 4 is 11.6 Å². The molecule has 1 N–H and O–H groups in total. The summed E-state index contributed by atoms with van der Waals surface area (Å²) in [6.45, 7) is 0.325. The Labute approximate surface area is 143 Å². The lowest BCUT2D eigenvalue weighted by molar-refractivity contribution is 0.305. The van der Waals surface area contributed by atoms with Gasteiger partial charge in [0, 0.05) is 22.8 Å². The van der Waals surface area contributed by atoms with Crippen LogP contribution >= 0.6 is 11.6 Å². The predicted molar refractivity (Wildman–Crippen MR) is 90.8 cm³/mol. The van der Waals surface area contributed by atoms with Crippen LogP contribution in [0.4, 0.5) is 0 Å². The second kappa shape index (κ2) is 6.99. The molecule has 2 aromatic carbocycles. The van der Waals surface area contributed by atoms with Crippen LogP contribution in [0.5, 0.6) is 5.75 Å². The molecule has 0 aliphatic rings. The summed E-state index contributed by atoms with van der Waals surface area (Å²) >= 11 is 5.85. The third-order valence-corrected chi connectivity index (χ3v) is 3.60. The molecule has 3 rings (SSSR count). The molecule has 24 heavy (non-hydrogen) atoms. The Morgan fingerprint density at radius 1 is 1.17 bits per heavy atom. The summed E-state index contributed by atoms with van der Waals surface area (Å²) in [7, 11) is 0. The predicted octanol–water partition coefficient (Wildman–Crippen LogP) is 3.54. The highest BCUT2D eigenvalue weighted by Crippen LogP contribution is 2.24. The molecule has 1 heterocycles. The molecule has 0 aliphatic heterocycles. The topological polar surface area (TPSA) is 78.8 Å². The number of rotatable bonds is 4. The van der Waals surface area contributed by atoms with Crippen LogP contribution in [0.25, 0.3) is 11.4 Å². The molecule has 5 nitrogen and oxygen atoms in total. The van der Waals surface area contributed by atoms with E-state index in [1.54, 1.807) is 30.3 Å². The lowest BCUT2D eigenvalue weighted by atomic mass is 10.1. The molecule has 0 radical (unpaired) electrons. The molecule has 0 saturated carbocycles. The first kappa shape index (κ1) is 15.8. The maximum Gasteiger partial charge on any atom is 0.251 e. The Morgan fingerprint density at radius 2 is 1.96 bits per heavy atom. The van der Waals surface area contributed by atoms with Gasteiger partial charge in [-0.2, -0.15) is 5.26 Å². The number of hydrogen-bond acceptors (Lipinski definition) is 4. The summed E-state index contributed by atoms with van der Waals surface area (Å²) in [6, 6.07) is 15.8. The lowest BCUT2D eigenvalue weighted by Crippen LogP contribution is -2.06. The Balaban J connectivity index is 1.83. The molecule has 0 fully saturated rings. The number of aromatic nitrogens is 2. The van der Waals surface area contributed by atoms with Gasteiger partial charge in [-0.25, -0.2) is 4.98 Å². The summed E-state index contributed by atoms with van der Waals surface area (Å²) in [5.74, 6) is 0.873. The Kier molecular flexibility index (Phi) is 4.59. The van der Waals surface area contributed by atoms with Gasteiger partial charge in [-0.05, 0) is 35.9 Å². The van der Waals surface area contributed by atoms with Crippen molar-refractivity contribution in [2.75, 3.05) is 0 Å².